The number of likely N-dealkylation sites (tertiary alicyclic amines) is 1. The molecule has 4 nitrogen and oxygen atoms in total. The predicted molar refractivity (Wildman–Crippen MR) is 92.0 cm³/mol. The maximum atomic E-state index is 10.9. The van der Waals surface area contributed by atoms with E-state index in [1.165, 1.54) is 5.56 Å². The Morgan fingerprint density at radius 2 is 2.10 bits per heavy atom. The Morgan fingerprint density at radius 3 is 2.67 bits per heavy atom. The molecular weight excluding hydrogens is 398 g/mol. The molecule has 1 aromatic rings. The third kappa shape index (κ3) is 5.06. The van der Waals surface area contributed by atoms with Gasteiger partial charge < -0.3 is 11.1 Å². The Hall–Kier alpha value is -0.430. The van der Waals surface area contributed by atoms with E-state index < -0.39 is 0 Å². The minimum absolute atomic E-state index is 0.242. The van der Waals surface area contributed by atoms with Gasteiger partial charge in [-0.2, -0.15) is 0 Å². The van der Waals surface area contributed by atoms with E-state index in [4.69, 9.17) is 5.73 Å². The average molecular weight is 419 g/mol. The van der Waals surface area contributed by atoms with Gasteiger partial charge in [0.05, 0.1) is 6.54 Å². The van der Waals surface area contributed by atoms with Gasteiger partial charge in [0, 0.05) is 34.1 Å². The van der Waals surface area contributed by atoms with E-state index in [1.807, 2.05) is 0 Å². The smallest absolute Gasteiger partial charge is 0.231 e. The largest absolute Gasteiger partial charge is 0.369 e. The van der Waals surface area contributed by atoms with E-state index in [0.717, 1.165) is 34.9 Å². The number of nitrogens with two attached hydrogens (primary N) is 1. The number of nitrogens with zero attached hydrogens (tertiary/aromatic N) is 1. The predicted octanol–water partition coefficient (Wildman–Crippen LogP) is 2.81. The lowest BCUT2D eigenvalue weighted by Gasteiger charge is -2.33. The summed E-state index contributed by atoms with van der Waals surface area (Å²) in [7, 11) is 0. The molecule has 0 aliphatic carbocycles. The molecule has 3 N–H and O–H groups in total. The quantitative estimate of drug-likeness (QED) is 0.772. The highest BCUT2D eigenvalue weighted by Crippen LogP contribution is 2.27. The number of nitrogens with one attached hydrogen (secondary N) is 1. The summed E-state index contributed by atoms with van der Waals surface area (Å²) in [6, 6.07) is 7.05. The van der Waals surface area contributed by atoms with E-state index in [0.29, 0.717) is 18.6 Å². The monoisotopic (exact) mass is 417 g/mol. The van der Waals surface area contributed by atoms with Gasteiger partial charge in [-0.3, -0.25) is 9.69 Å². The van der Waals surface area contributed by atoms with E-state index in [-0.39, 0.29) is 5.91 Å². The topological polar surface area (TPSA) is 58.4 Å². The number of amides is 1. The fourth-order valence-corrected chi connectivity index (χ4v) is 4.16. The molecule has 0 radical (unpaired) electrons. The number of carbonyl (C=O) groups excluding carboxylic acids is 1. The van der Waals surface area contributed by atoms with E-state index in [1.54, 1.807) is 0 Å². The number of halogens is 2. The second-order valence-electron chi connectivity index (χ2n) is 5.57. The van der Waals surface area contributed by atoms with Crippen molar-refractivity contribution in [3.05, 3.63) is 32.7 Å². The second-order valence-corrected chi connectivity index (χ2v) is 7.34. The third-order valence-corrected chi connectivity index (χ3v) is 5.06. The third-order valence-electron chi connectivity index (χ3n) is 3.88. The first-order valence-corrected chi connectivity index (χ1v) is 8.76. The Kier molecular flexibility index (Phi) is 6.22. The molecule has 0 bridgehead atoms. The molecule has 6 heteroatoms. The van der Waals surface area contributed by atoms with Crippen LogP contribution in [0.15, 0.2) is 27.1 Å². The van der Waals surface area contributed by atoms with E-state index >= 15 is 0 Å². The molecule has 0 aromatic heterocycles. The van der Waals surface area contributed by atoms with E-state index in [9.17, 15) is 4.79 Å². The van der Waals surface area contributed by atoms with Crippen molar-refractivity contribution in [3.63, 3.8) is 0 Å². The molecule has 1 fully saturated rings. The summed E-state index contributed by atoms with van der Waals surface area (Å²) in [5.74, 6) is -0.242. The van der Waals surface area contributed by atoms with Crippen LogP contribution in [0.25, 0.3) is 0 Å². The molecule has 1 unspecified atom stereocenters. The van der Waals surface area contributed by atoms with Crippen molar-refractivity contribution in [2.45, 2.75) is 31.8 Å². The van der Waals surface area contributed by atoms with Crippen molar-refractivity contribution in [3.8, 4) is 0 Å². The Bertz CT molecular complexity index is 502. The molecule has 0 spiro atoms. The molecule has 1 amide bonds. The first kappa shape index (κ1) is 16.9. The van der Waals surface area contributed by atoms with Gasteiger partial charge in [-0.15, -0.1) is 0 Å². The lowest BCUT2D eigenvalue weighted by molar-refractivity contribution is -0.119. The van der Waals surface area contributed by atoms with Crippen LogP contribution in [0.4, 0.5) is 0 Å². The molecular formula is C15H21Br2N3O. The Morgan fingerprint density at radius 1 is 1.43 bits per heavy atom. The first-order chi connectivity index (χ1) is 9.95. The molecule has 1 atom stereocenters. The molecule has 21 heavy (non-hydrogen) atoms. The number of primary amides is 1. The van der Waals surface area contributed by atoms with Crippen LogP contribution in [0.3, 0.4) is 0 Å². The van der Waals surface area contributed by atoms with Gasteiger partial charge in [-0.1, -0.05) is 37.9 Å². The molecule has 1 heterocycles. The van der Waals surface area contributed by atoms with Gasteiger partial charge in [0.2, 0.25) is 5.91 Å². The fraction of sp³-hybridized carbons (Fsp3) is 0.533. The van der Waals surface area contributed by atoms with Gasteiger partial charge in [0.1, 0.15) is 0 Å². The van der Waals surface area contributed by atoms with Crippen LogP contribution in [0, 0.1) is 0 Å². The van der Waals surface area contributed by atoms with Crippen molar-refractivity contribution in [1.29, 1.82) is 0 Å². The molecule has 1 saturated heterocycles. The average Bonchev–Trinajstić information content (AvgIpc) is 2.40. The zero-order valence-electron chi connectivity index (χ0n) is 12.1. The Balaban J connectivity index is 1.86. The van der Waals surface area contributed by atoms with Gasteiger partial charge in [-0.05, 0) is 37.5 Å². The van der Waals surface area contributed by atoms with Crippen LogP contribution < -0.4 is 11.1 Å². The van der Waals surface area contributed by atoms with Gasteiger partial charge in [0.15, 0.2) is 0 Å². The van der Waals surface area contributed by atoms with Crippen LogP contribution in [0.2, 0.25) is 0 Å². The number of carbonyl (C=O) groups is 1. The minimum atomic E-state index is -0.242. The number of hydrogen-bond acceptors (Lipinski definition) is 3. The summed E-state index contributed by atoms with van der Waals surface area (Å²) in [5.41, 5.74) is 6.50. The zero-order valence-corrected chi connectivity index (χ0v) is 15.3. The second kappa shape index (κ2) is 7.72. The van der Waals surface area contributed by atoms with Gasteiger partial charge in [-0.25, -0.2) is 0 Å². The molecule has 1 aromatic carbocycles. The lowest BCUT2D eigenvalue weighted by Crippen LogP contribution is -2.45. The van der Waals surface area contributed by atoms with Crippen molar-refractivity contribution in [2.24, 2.45) is 5.73 Å². The van der Waals surface area contributed by atoms with Crippen LogP contribution in [-0.4, -0.2) is 36.5 Å². The normalized spacial score (nSPS) is 18.6. The SMILES string of the molecule is CC(NC1CCN(CC(N)=O)CC1)c1ccc(Br)cc1Br. The van der Waals surface area contributed by atoms with Crippen molar-refractivity contribution < 1.29 is 4.79 Å². The van der Waals surface area contributed by atoms with Crippen LogP contribution >= 0.6 is 31.9 Å². The van der Waals surface area contributed by atoms with Gasteiger partial charge in [0.25, 0.3) is 0 Å². The van der Waals surface area contributed by atoms with Crippen molar-refractivity contribution >= 4 is 37.8 Å². The van der Waals surface area contributed by atoms with Crippen LogP contribution in [0.5, 0.6) is 0 Å². The molecule has 1 aliphatic rings. The maximum absolute atomic E-state index is 10.9. The number of rotatable bonds is 5. The summed E-state index contributed by atoms with van der Waals surface area (Å²) in [4.78, 5) is 13.1. The lowest BCUT2D eigenvalue weighted by atomic mass is 10.0. The first-order valence-electron chi connectivity index (χ1n) is 7.17. The highest BCUT2D eigenvalue weighted by atomic mass is 79.9. The molecule has 116 valence electrons. The van der Waals surface area contributed by atoms with Gasteiger partial charge >= 0.3 is 0 Å². The molecule has 0 saturated carbocycles. The standard InChI is InChI=1S/C15H21Br2N3O/c1-10(13-3-2-11(16)8-14(13)17)19-12-4-6-20(7-5-12)9-15(18)21/h2-3,8,10,12,19H,4-7,9H2,1H3,(H2,18,21). The highest BCUT2D eigenvalue weighted by molar-refractivity contribution is 9.11. The zero-order chi connectivity index (χ0) is 15.4. The summed E-state index contributed by atoms with van der Waals surface area (Å²) < 4.78 is 2.19. The van der Waals surface area contributed by atoms with Crippen molar-refractivity contribution in [1.82, 2.24) is 10.2 Å². The Labute approximate surface area is 142 Å². The van der Waals surface area contributed by atoms with Crippen molar-refractivity contribution in [2.75, 3.05) is 19.6 Å². The summed E-state index contributed by atoms with van der Waals surface area (Å²) in [6.45, 7) is 4.41. The highest BCUT2D eigenvalue weighted by Gasteiger charge is 2.22. The van der Waals surface area contributed by atoms with Crippen LogP contribution in [0.1, 0.15) is 31.4 Å². The fourth-order valence-electron chi connectivity index (χ4n) is 2.77. The summed E-state index contributed by atoms with van der Waals surface area (Å²) >= 11 is 7.10. The molecule has 1 aliphatic heterocycles. The van der Waals surface area contributed by atoms with Crippen LogP contribution in [-0.2, 0) is 4.79 Å². The minimum Gasteiger partial charge on any atom is -0.369 e. The summed E-state index contributed by atoms with van der Waals surface area (Å²) in [6.07, 6.45) is 2.09. The summed E-state index contributed by atoms with van der Waals surface area (Å²) in [5, 5.41) is 3.68. The van der Waals surface area contributed by atoms with E-state index in [2.05, 4.69) is 67.2 Å². The molecule has 2 rings (SSSR count). The number of benzene rings is 1. The number of hydrogen-bond donors (Lipinski definition) is 2. The maximum Gasteiger partial charge on any atom is 0.231 e. The number of piperidine rings is 1.